The van der Waals surface area contributed by atoms with Crippen LogP contribution in [0.4, 0.5) is 0 Å². The SMILES string of the molecule is CC1(C)Cc2cccc(OCC(=O)NCC(c3ccc(Cl)cc3)N3CCOCC3)c2O1. The summed E-state index contributed by atoms with van der Waals surface area (Å²) in [6.45, 7) is 7.55. The van der Waals surface area contributed by atoms with E-state index in [1.54, 1.807) is 0 Å². The molecule has 2 aromatic carbocycles. The van der Waals surface area contributed by atoms with Crippen molar-refractivity contribution in [2.45, 2.75) is 31.9 Å². The average molecular weight is 445 g/mol. The summed E-state index contributed by atoms with van der Waals surface area (Å²) in [4.78, 5) is 14.9. The van der Waals surface area contributed by atoms with Gasteiger partial charge in [-0.05, 0) is 37.6 Å². The molecule has 1 N–H and O–H groups in total. The number of carbonyl (C=O) groups is 1. The van der Waals surface area contributed by atoms with Crippen LogP contribution in [0.2, 0.25) is 5.02 Å². The van der Waals surface area contributed by atoms with Crippen LogP contribution in [0.3, 0.4) is 0 Å². The molecule has 7 heteroatoms. The number of rotatable bonds is 7. The summed E-state index contributed by atoms with van der Waals surface area (Å²) in [5, 5.41) is 3.72. The van der Waals surface area contributed by atoms with E-state index in [4.69, 9.17) is 25.8 Å². The van der Waals surface area contributed by atoms with Crippen LogP contribution in [0.5, 0.6) is 11.5 Å². The molecule has 2 heterocycles. The van der Waals surface area contributed by atoms with Crippen LogP contribution < -0.4 is 14.8 Å². The predicted octanol–water partition coefficient (Wildman–Crippen LogP) is 3.62. The normalized spacial score (nSPS) is 18.7. The quantitative estimate of drug-likeness (QED) is 0.706. The average Bonchev–Trinajstić information content (AvgIpc) is 3.08. The Morgan fingerprint density at radius 1 is 1.19 bits per heavy atom. The molecule has 31 heavy (non-hydrogen) atoms. The van der Waals surface area contributed by atoms with Gasteiger partial charge in [0.1, 0.15) is 5.60 Å². The summed E-state index contributed by atoms with van der Waals surface area (Å²) >= 11 is 6.06. The van der Waals surface area contributed by atoms with Crippen molar-refractivity contribution in [1.82, 2.24) is 10.2 Å². The summed E-state index contributed by atoms with van der Waals surface area (Å²) in [5.41, 5.74) is 1.97. The van der Waals surface area contributed by atoms with Gasteiger partial charge >= 0.3 is 0 Å². The Kier molecular flexibility index (Phi) is 6.70. The Hall–Kier alpha value is -2.28. The zero-order chi connectivity index (χ0) is 21.8. The number of nitrogens with one attached hydrogen (secondary N) is 1. The van der Waals surface area contributed by atoms with Gasteiger partial charge < -0.3 is 19.5 Å². The van der Waals surface area contributed by atoms with Gasteiger partial charge in [-0.2, -0.15) is 0 Å². The largest absolute Gasteiger partial charge is 0.483 e. The molecule has 1 atom stereocenters. The van der Waals surface area contributed by atoms with E-state index in [0.717, 1.165) is 36.4 Å². The lowest BCUT2D eigenvalue weighted by Gasteiger charge is -2.35. The maximum Gasteiger partial charge on any atom is 0.258 e. The number of amides is 1. The smallest absolute Gasteiger partial charge is 0.258 e. The van der Waals surface area contributed by atoms with E-state index in [1.165, 1.54) is 0 Å². The summed E-state index contributed by atoms with van der Waals surface area (Å²) in [7, 11) is 0. The molecule has 2 aromatic rings. The molecule has 0 spiro atoms. The molecule has 1 unspecified atom stereocenters. The first-order chi connectivity index (χ1) is 14.9. The first-order valence-electron chi connectivity index (χ1n) is 10.7. The zero-order valence-electron chi connectivity index (χ0n) is 18.0. The van der Waals surface area contributed by atoms with Gasteiger partial charge in [-0.3, -0.25) is 9.69 Å². The minimum Gasteiger partial charge on any atom is -0.483 e. The van der Waals surface area contributed by atoms with E-state index in [9.17, 15) is 4.79 Å². The van der Waals surface area contributed by atoms with Gasteiger partial charge in [0.05, 0.1) is 19.3 Å². The maximum atomic E-state index is 12.6. The van der Waals surface area contributed by atoms with E-state index in [2.05, 4.69) is 10.2 Å². The number of benzene rings is 2. The van der Waals surface area contributed by atoms with Crippen LogP contribution in [0, 0.1) is 0 Å². The highest BCUT2D eigenvalue weighted by Gasteiger charge is 2.32. The fraction of sp³-hybridized carbons (Fsp3) is 0.458. The van der Waals surface area contributed by atoms with Crippen LogP contribution in [0.25, 0.3) is 0 Å². The standard InChI is InChI=1S/C24H29ClN2O4/c1-24(2)14-18-4-3-5-21(23(18)31-24)30-16-22(28)26-15-20(27-10-12-29-13-11-27)17-6-8-19(25)9-7-17/h3-9,20H,10-16H2,1-2H3,(H,26,28). The molecule has 1 amide bonds. The number of ether oxygens (including phenoxy) is 3. The second-order valence-electron chi connectivity index (χ2n) is 8.59. The van der Waals surface area contributed by atoms with E-state index in [-0.39, 0.29) is 24.2 Å². The first kappa shape index (κ1) is 21.9. The fourth-order valence-corrected chi connectivity index (χ4v) is 4.26. The van der Waals surface area contributed by atoms with Crippen molar-refractivity contribution in [1.29, 1.82) is 0 Å². The Balaban J connectivity index is 1.36. The second kappa shape index (κ2) is 9.47. The molecule has 1 saturated heterocycles. The first-order valence-corrected chi connectivity index (χ1v) is 11.1. The van der Waals surface area contributed by atoms with Gasteiger partial charge in [-0.25, -0.2) is 0 Å². The van der Waals surface area contributed by atoms with Crippen molar-refractivity contribution in [3.05, 3.63) is 58.6 Å². The van der Waals surface area contributed by atoms with Crippen LogP contribution in [0.1, 0.15) is 31.0 Å². The fourth-order valence-electron chi connectivity index (χ4n) is 4.14. The van der Waals surface area contributed by atoms with Crippen molar-refractivity contribution in [2.24, 2.45) is 0 Å². The molecule has 0 saturated carbocycles. The lowest BCUT2D eigenvalue weighted by atomic mass is 10.0. The lowest BCUT2D eigenvalue weighted by molar-refractivity contribution is -0.123. The summed E-state index contributed by atoms with van der Waals surface area (Å²) in [6, 6.07) is 13.7. The minimum absolute atomic E-state index is 0.0511. The molecule has 166 valence electrons. The topological polar surface area (TPSA) is 60.0 Å². The molecule has 0 aliphatic carbocycles. The highest BCUT2D eigenvalue weighted by atomic mass is 35.5. The van der Waals surface area contributed by atoms with Crippen LogP contribution in [-0.2, 0) is 16.0 Å². The third-order valence-electron chi connectivity index (χ3n) is 5.65. The summed E-state index contributed by atoms with van der Waals surface area (Å²) in [5.74, 6) is 1.19. The van der Waals surface area contributed by atoms with Gasteiger partial charge in [0, 0.05) is 36.6 Å². The third kappa shape index (κ3) is 5.50. The Bertz CT molecular complexity index is 910. The highest BCUT2D eigenvalue weighted by molar-refractivity contribution is 6.30. The molecule has 1 fully saturated rings. The minimum atomic E-state index is -0.256. The molecule has 0 bridgehead atoms. The molecule has 6 nitrogen and oxygen atoms in total. The number of carbonyl (C=O) groups excluding carboxylic acids is 1. The van der Waals surface area contributed by atoms with Crippen molar-refractivity contribution < 1.29 is 19.0 Å². The van der Waals surface area contributed by atoms with Crippen LogP contribution >= 0.6 is 11.6 Å². The number of fused-ring (bicyclic) bond motifs is 1. The number of halogens is 1. The van der Waals surface area contributed by atoms with E-state index in [1.807, 2.05) is 56.3 Å². The van der Waals surface area contributed by atoms with Gasteiger partial charge in [0.15, 0.2) is 18.1 Å². The second-order valence-corrected chi connectivity index (χ2v) is 9.03. The lowest BCUT2D eigenvalue weighted by Crippen LogP contribution is -2.44. The Morgan fingerprint density at radius 2 is 1.94 bits per heavy atom. The highest BCUT2D eigenvalue weighted by Crippen LogP contribution is 2.41. The summed E-state index contributed by atoms with van der Waals surface area (Å²) in [6.07, 6.45) is 0.827. The third-order valence-corrected chi connectivity index (χ3v) is 5.90. The van der Waals surface area contributed by atoms with Crippen molar-refractivity contribution in [3.63, 3.8) is 0 Å². The number of hydrogen-bond donors (Lipinski definition) is 1. The van der Waals surface area contributed by atoms with Gasteiger partial charge in [-0.1, -0.05) is 35.9 Å². The van der Waals surface area contributed by atoms with Gasteiger partial charge in [-0.15, -0.1) is 0 Å². The van der Waals surface area contributed by atoms with E-state index < -0.39 is 0 Å². The van der Waals surface area contributed by atoms with E-state index >= 15 is 0 Å². The van der Waals surface area contributed by atoms with Gasteiger partial charge in [0.2, 0.25) is 0 Å². The van der Waals surface area contributed by atoms with Crippen LogP contribution in [0.15, 0.2) is 42.5 Å². The number of morpholine rings is 1. The molecule has 0 radical (unpaired) electrons. The Morgan fingerprint density at radius 3 is 2.68 bits per heavy atom. The molecule has 4 rings (SSSR count). The molecule has 2 aliphatic rings. The number of para-hydroxylation sites is 1. The summed E-state index contributed by atoms with van der Waals surface area (Å²) < 4.78 is 17.3. The molecular formula is C24H29ClN2O4. The monoisotopic (exact) mass is 444 g/mol. The Labute approximate surface area is 188 Å². The maximum absolute atomic E-state index is 12.6. The van der Waals surface area contributed by atoms with Crippen molar-refractivity contribution in [2.75, 3.05) is 39.5 Å². The number of hydrogen-bond acceptors (Lipinski definition) is 5. The van der Waals surface area contributed by atoms with Crippen molar-refractivity contribution in [3.8, 4) is 11.5 Å². The van der Waals surface area contributed by atoms with Crippen molar-refractivity contribution >= 4 is 17.5 Å². The van der Waals surface area contributed by atoms with Gasteiger partial charge in [0.25, 0.3) is 5.91 Å². The molecular weight excluding hydrogens is 416 g/mol. The molecule has 2 aliphatic heterocycles. The molecule has 0 aromatic heterocycles. The predicted molar refractivity (Wildman–Crippen MR) is 120 cm³/mol. The zero-order valence-corrected chi connectivity index (χ0v) is 18.8. The number of nitrogens with zero attached hydrogens (tertiary/aromatic N) is 1. The van der Waals surface area contributed by atoms with Crippen LogP contribution in [-0.4, -0.2) is 55.9 Å². The van der Waals surface area contributed by atoms with E-state index in [0.29, 0.717) is 30.5 Å².